The Morgan fingerprint density at radius 3 is 2.74 bits per heavy atom. The van der Waals surface area contributed by atoms with Crippen molar-refractivity contribution in [2.75, 3.05) is 26.7 Å². The van der Waals surface area contributed by atoms with Gasteiger partial charge in [-0.3, -0.25) is 4.99 Å². The molecule has 2 aromatic rings. The highest BCUT2D eigenvalue weighted by molar-refractivity contribution is 5.79. The molecular formula is C20H32N6O. The number of rotatable bonds is 10. The molecule has 148 valence electrons. The summed E-state index contributed by atoms with van der Waals surface area (Å²) in [4.78, 5) is 4.68. The van der Waals surface area contributed by atoms with Crippen molar-refractivity contribution in [3.05, 3.63) is 42.0 Å². The topological polar surface area (TPSA) is 76.4 Å². The van der Waals surface area contributed by atoms with Gasteiger partial charge < -0.3 is 19.9 Å². The molecule has 0 unspecified atom stereocenters. The zero-order valence-electron chi connectivity index (χ0n) is 16.9. The number of nitrogens with one attached hydrogen (secondary N) is 2. The number of methoxy groups -OCH3 is 1. The molecule has 0 saturated heterocycles. The third kappa shape index (κ3) is 6.92. The molecule has 7 nitrogen and oxygen atoms in total. The number of para-hydroxylation sites is 1. The van der Waals surface area contributed by atoms with Crippen LogP contribution in [0.15, 0.2) is 35.6 Å². The number of ether oxygens (including phenoxy) is 1. The average Bonchev–Trinajstić information content (AvgIpc) is 3.13. The molecule has 7 heteroatoms. The SMILES string of the molecule is CCc1nncn1CCNC(=NCC(C)C)NCCc1ccccc1OC. The molecule has 27 heavy (non-hydrogen) atoms. The zero-order valence-corrected chi connectivity index (χ0v) is 16.9. The van der Waals surface area contributed by atoms with Gasteiger partial charge in [-0.15, -0.1) is 10.2 Å². The Bertz CT molecular complexity index is 710. The molecule has 0 radical (unpaired) electrons. The Hall–Kier alpha value is -2.57. The molecule has 0 saturated carbocycles. The second kappa shape index (κ2) is 11.2. The van der Waals surface area contributed by atoms with Crippen LogP contribution in [0.25, 0.3) is 0 Å². The first-order chi connectivity index (χ1) is 13.1. The van der Waals surface area contributed by atoms with Crippen molar-refractivity contribution in [1.29, 1.82) is 0 Å². The van der Waals surface area contributed by atoms with Crippen LogP contribution in [0, 0.1) is 5.92 Å². The summed E-state index contributed by atoms with van der Waals surface area (Å²) in [6.07, 6.45) is 3.53. The standard InChI is InChI=1S/C20H32N6O/c1-5-19-25-24-15-26(19)13-12-22-20(23-14-16(2)3)21-11-10-17-8-6-7-9-18(17)27-4/h6-9,15-16H,5,10-14H2,1-4H3,(H2,21,22,23). The van der Waals surface area contributed by atoms with Crippen molar-refractivity contribution >= 4 is 5.96 Å². The van der Waals surface area contributed by atoms with Gasteiger partial charge in [0.15, 0.2) is 5.96 Å². The van der Waals surface area contributed by atoms with Crippen molar-refractivity contribution in [1.82, 2.24) is 25.4 Å². The van der Waals surface area contributed by atoms with Gasteiger partial charge in [-0.05, 0) is 24.0 Å². The third-order valence-corrected chi connectivity index (χ3v) is 4.15. The predicted octanol–water partition coefficient (Wildman–Crippen LogP) is 2.28. The van der Waals surface area contributed by atoms with E-state index in [2.05, 4.69) is 57.2 Å². The van der Waals surface area contributed by atoms with Crippen LogP contribution < -0.4 is 15.4 Å². The van der Waals surface area contributed by atoms with Crippen molar-refractivity contribution in [3.63, 3.8) is 0 Å². The molecule has 0 atom stereocenters. The number of benzene rings is 1. The molecule has 0 aliphatic heterocycles. The van der Waals surface area contributed by atoms with Crippen LogP contribution in [-0.2, 0) is 19.4 Å². The van der Waals surface area contributed by atoms with Gasteiger partial charge in [-0.2, -0.15) is 0 Å². The van der Waals surface area contributed by atoms with Crippen LogP contribution >= 0.6 is 0 Å². The van der Waals surface area contributed by atoms with Gasteiger partial charge in [-0.1, -0.05) is 39.0 Å². The van der Waals surface area contributed by atoms with E-state index in [9.17, 15) is 0 Å². The number of hydrogen-bond acceptors (Lipinski definition) is 4. The quantitative estimate of drug-likeness (QED) is 0.494. The lowest BCUT2D eigenvalue weighted by Gasteiger charge is -2.15. The summed E-state index contributed by atoms with van der Waals surface area (Å²) in [5.41, 5.74) is 1.19. The minimum atomic E-state index is 0.516. The summed E-state index contributed by atoms with van der Waals surface area (Å²) < 4.78 is 7.49. The van der Waals surface area contributed by atoms with Crippen molar-refractivity contribution < 1.29 is 4.74 Å². The van der Waals surface area contributed by atoms with E-state index >= 15 is 0 Å². The average molecular weight is 373 g/mol. The molecule has 0 aliphatic rings. The van der Waals surface area contributed by atoms with E-state index in [4.69, 9.17) is 4.74 Å². The van der Waals surface area contributed by atoms with Crippen LogP contribution in [0.3, 0.4) is 0 Å². The molecule has 2 N–H and O–H groups in total. The van der Waals surface area contributed by atoms with Gasteiger partial charge in [0.25, 0.3) is 0 Å². The Balaban J connectivity index is 1.87. The van der Waals surface area contributed by atoms with Crippen LogP contribution in [0.4, 0.5) is 0 Å². The maximum atomic E-state index is 5.42. The lowest BCUT2D eigenvalue weighted by molar-refractivity contribution is 0.409. The molecule has 0 fully saturated rings. The second-order valence-electron chi connectivity index (χ2n) is 6.79. The highest BCUT2D eigenvalue weighted by Crippen LogP contribution is 2.17. The first-order valence-corrected chi connectivity index (χ1v) is 9.64. The molecule has 0 aliphatic carbocycles. The Morgan fingerprint density at radius 2 is 2.00 bits per heavy atom. The summed E-state index contributed by atoms with van der Waals surface area (Å²) in [5.74, 6) is 3.28. The van der Waals surface area contributed by atoms with Crippen molar-refractivity contribution in [2.45, 2.75) is 40.2 Å². The van der Waals surface area contributed by atoms with Gasteiger partial charge in [0.2, 0.25) is 0 Å². The van der Waals surface area contributed by atoms with Gasteiger partial charge in [0, 0.05) is 32.6 Å². The maximum absolute atomic E-state index is 5.42. The molecule has 1 heterocycles. The summed E-state index contributed by atoms with van der Waals surface area (Å²) in [5, 5.41) is 14.9. The van der Waals surface area contributed by atoms with E-state index in [-0.39, 0.29) is 0 Å². The monoisotopic (exact) mass is 372 g/mol. The second-order valence-corrected chi connectivity index (χ2v) is 6.79. The number of aliphatic imine (C=N–C) groups is 1. The van der Waals surface area contributed by atoms with Crippen LogP contribution in [0.2, 0.25) is 0 Å². The van der Waals surface area contributed by atoms with Gasteiger partial charge >= 0.3 is 0 Å². The van der Waals surface area contributed by atoms with E-state index < -0.39 is 0 Å². The van der Waals surface area contributed by atoms with E-state index in [0.29, 0.717) is 5.92 Å². The minimum absolute atomic E-state index is 0.516. The maximum Gasteiger partial charge on any atom is 0.191 e. The normalized spacial score (nSPS) is 11.7. The van der Waals surface area contributed by atoms with E-state index in [1.54, 1.807) is 13.4 Å². The van der Waals surface area contributed by atoms with Crippen molar-refractivity contribution in [3.8, 4) is 5.75 Å². The lowest BCUT2D eigenvalue weighted by atomic mass is 10.1. The van der Waals surface area contributed by atoms with Gasteiger partial charge in [-0.25, -0.2) is 0 Å². The number of guanidine groups is 1. The molecule has 2 rings (SSSR count). The van der Waals surface area contributed by atoms with Crippen molar-refractivity contribution in [2.24, 2.45) is 10.9 Å². The number of nitrogens with zero attached hydrogens (tertiary/aromatic N) is 4. The molecule has 0 amide bonds. The summed E-state index contributed by atoms with van der Waals surface area (Å²) in [6.45, 7) is 9.58. The Labute approximate surface area is 162 Å². The Kier molecular flexibility index (Phi) is 8.61. The minimum Gasteiger partial charge on any atom is -0.496 e. The fourth-order valence-corrected chi connectivity index (χ4v) is 2.71. The van der Waals surface area contributed by atoms with Crippen LogP contribution in [-0.4, -0.2) is 47.5 Å². The van der Waals surface area contributed by atoms with E-state index in [1.165, 1.54) is 5.56 Å². The third-order valence-electron chi connectivity index (χ3n) is 4.15. The summed E-state index contributed by atoms with van der Waals surface area (Å²) >= 11 is 0. The smallest absolute Gasteiger partial charge is 0.191 e. The first kappa shape index (κ1) is 20.7. The summed E-state index contributed by atoms with van der Waals surface area (Å²) in [7, 11) is 1.71. The zero-order chi connectivity index (χ0) is 19.5. The Morgan fingerprint density at radius 1 is 1.22 bits per heavy atom. The molecule has 0 spiro atoms. The van der Waals surface area contributed by atoms with Crippen LogP contribution in [0.1, 0.15) is 32.2 Å². The predicted molar refractivity (Wildman–Crippen MR) is 109 cm³/mol. The van der Waals surface area contributed by atoms with E-state index in [1.807, 2.05) is 18.2 Å². The molecule has 1 aromatic carbocycles. The largest absolute Gasteiger partial charge is 0.496 e. The van der Waals surface area contributed by atoms with Gasteiger partial charge in [0.1, 0.15) is 17.9 Å². The molecule has 0 bridgehead atoms. The fraction of sp³-hybridized carbons (Fsp3) is 0.550. The molecule has 1 aromatic heterocycles. The number of aryl methyl sites for hydroxylation is 1. The first-order valence-electron chi connectivity index (χ1n) is 9.64. The molecular weight excluding hydrogens is 340 g/mol. The fourth-order valence-electron chi connectivity index (χ4n) is 2.71. The number of aromatic nitrogens is 3. The highest BCUT2D eigenvalue weighted by atomic mass is 16.5. The van der Waals surface area contributed by atoms with E-state index in [0.717, 1.165) is 56.6 Å². The van der Waals surface area contributed by atoms with Gasteiger partial charge in [0.05, 0.1) is 7.11 Å². The number of hydrogen-bond donors (Lipinski definition) is 2. The highest BCUT2D eigenvalue weighted by Gasteiger charge is 2.05. The van der Waals surface area contributed by atoms with Crippen LogP contribution in [0.5, 0.6) is 5.75 Å². The lowest BCUT2D eigenvalue weighted by Crippen LogP contribution is -2.40. The summed E-state index contributed by atoms with van der Waals surface area (Å²) in [6, 6.07) is 8.11.